The summed E-state index contributed by atoms with van der Waals surface area (Å²) in [6.07, 6.45) is -19.6. The van der Waals surface area contributed by atoms with Crippen LogP contribution < -0.4 is 0 Å². The van der Waals surface area contributed by atoms with Crippen LogP contribution in [0.15, 0.2) is 84.9 Å². The zero-order chi connectivity index (χ0) is 36.1. The molecule has 4 aromatic carbocycles. The highest BCUT2D eigenvalue weighted by Gasteiger charge is 2.35. The Labute approximate surface area is 271 Å². The Morgan fingerprint density at radius 3 is 0.900 bits per heavy atom. The van der Waals surface area contributed by atoms with E-state index in [4.69, 9.17) is 0 Å². The number of nitrogens with zero attached hydrogens (tertiary/aromatic N) is 4. The van der Waals surface area contributed by atoms with E-state index < -0.39 is 58.6 Å². The van der Waals surface area contributed by atoms with Crippen LogP contribution in [0.4, 0.5) is 52.7 Å². The predicted octanol–water partition coefficient (Wildman–Crippen LogP) is 11.2. The molecule has 4 nitrogen and oxygen atoms in total. The van der Waals surface area contributed by atoms with Crippen LogP contribution >= 0.6 is 0 Å². The average Bonchev–Trinajstić information content (AvgIpc) is 3.54. The van der Waals surface area contributed by atoms with Gasteiger partial charge in [0.05, 0.1) is 56.0 Å². The summed E-state index contributed by atoms with van der Waals surface area (Å²) >= 11 is 0. The van der Waals surface area contributed by atoms with Gasteiger partial charge in [-0.05, 0) is 60.7 Å². The number of rotatable bonds is 2. The van der Waals surface area contributed by atoms with Crippen LogP contribution in [-0.4, -0.2) is 14.1 Å². The first-order valence-corrected chi connectivity index (χ1v) is 14.1. The number of alkyl halides is 12. The second kappa shape index (κ2) is 10.6. The van der Waals surface area contributed by atoms with Gasteiger partial charge < -0.3 is 0 Å². The second-order valence-corrected chi connectivity index (χ2v) is 11.3. The molecule has 0 aliphatic carbocycles. The van der Waals surface area contributed by atoms with Crippen molar-refractivity contribution >= 4 is 43.6 Å². The molecule has 16 heteroatoms. The molecule has 0 atom stereocenters. The molecule has 7 aromatic rings. The number of hydrogen-bond acceptors (Lipinski definition) is 2. The molecule has 254 valence electrons. The van der Waals surface area contributed by atoms with Gasteiger partial charge in [0.25, 0.3) is 0 Å². The lowest BCUT2D eigenvalue weighted by Crippen LogP contribution is -2.08. The highest BCUT2D eigenvalue weighted by molar-refractivity contribution is 6.10. The smallest absolute Gasteiger partial charge is 0.294 e. The van der Waals surface area contributed by atoms with Crippen LogP contribution in [0.25, 0.3) is 55.2 Å². The third-order valence-corrected chi connectivity index (χ3v) is 8.23. The predicted molar refractivity (Wildman–Crippen MR) is 158 cm³/mol. The summed E-state index contributed by atoms with van der Waals surface area (Å²) in [5, 5.41) is 10.2. The zero-order valence-electron chi connectivity index (χ0n) is 24.4. The van der Waals surface area contributed by atoms with Gasteiger partial charge in [-0.2, -0.15) is 57.9 Å². The summed E-state index contributed by atoms with van der Waals surface area (Å²) in [7, 11) is 0. The third-order valence-electron chi connectivity index (χ3n) is 8.23. The van der Waals surface area contributed by atoms with Gasteiger partial charge >= 0.3 is 24.7 Å². The second-order valence-electron chi connectivity index (χ2n) is 11.3. The standard InChI is InChI=1S/C34H14F12N4/c35-31(36,37)17-1-5-21-22-6-2-18(32(38,39)40)12-26(22)49(25(21)11-17)29-9-16(15-47)10-30(48-29)50-27-13-19(33(41,42)43)3-7-23(27)24-8-4-20(14-28(24)50)34(44,45)46/h1-14H. The lowest BCUT2D eigenvalue weighted by Gasteiger charge is -2.15. The number of halogens is 12. The summed E-state index contributed by atoms with van der Waals surface area (Å²) < 4.78 is 168. The highest BCUT2D eigenvalue weighted by atomic mass is 19.4. The van der Waals surface area contributed by atoms with E-state index in [1.165, 1.54) is 0 Å². The summed E-state index contributed by atoms with van der Waals surface area (Å²) in [4.78, 5) is 4.38. The molecule has 0 N–H and O–H groups in total. The fraction of sp³-hybridized carbons (Fsp3) is 0.118. The minimum atomic E-state index is -4.89. The monoisotopic (exact) mass is 706 g/mol. The maximum atomic E-state index is 13.8. The Hall–Kier alpha value is -5.72. The van der Waals surface area contributed by atoms with Crippen LogP contribution in [0.5, 0.6) is 0 Å². The van der Waals surface area contributed by atoms with E-state index in [2.05, 4.69) is 4.98 Å². The Balaban J connectivity index is 1.62. The number of hydrogen-bond donors (Lipinski definition) is 0. The van der Waals surface area contributed by atoms with Crippen molar-refractivity contribution in [3.63, 3.8) is 0 Å². The SMILES string of the molecule is N#Cc1cc(-n2c3cc(C(F)(F)F)ccc3c3ccc(C(F)(F)F)cc32)nc(-n2c3cc(C(F)(F)F)ccc3c3ccc(C(F)(F)F)cc32)c1. The van der Waals surface area contributed by atoms with E-state index in [1.807, 2.05) is 0 Å². The van der Waals surface area contributed by atoms with Gasteiger partial charge in [-0.1, -0.05) is 24.3 Å². The van der Waals surface area contributed by atoms with Gasteiger partial charge in [-0.15, -0.1) is 0 Å². The molecule has 0 aliphatic heterocycles. The van der Waals surface area contributed by atoms with E-state index in [0.29, 0.717) is 24.3 Å². The van der Waals surface area contributed by atoms with Crippen LogP contribution in [0.3, 0.4) is 0 Å². The van der Waals surface area contributed by atoms with Crippen molar-refractivity contribution in [3.8, 4) is 17.7 Å². The molecule has 0 fully saturated rings. The van der Waals surface area contributed by atoms with E-state index in [9.17, 15) is 57.9 Å². The van der Waals surface area contributed by atoms with Gasteiger partial charge in [0, 0.05) is 21.5 Å². The Morgan fingerprint density at radius 2 is 0.680 bits per heavy atom. The van der Waals surface area contributed by atoms with Gasteiger partial charge in [0.2, 0.25) is 0 Å². The van der Waals surface area contributed by atoms with Gasteiger partial charge in [-0.25, -0.2) is 4.98 Å². The van der Waals surface area contributed by atoms with Crippen molar-refractivity contribution in [2.24, 2.45) is 0 Å². The molecule has 0 saturated heterocycles. The summed E-state index contributed by atoms with van der Waals surface area (Å²) in [5.41, 5.74) is -6.17. The minimum absolute atomic E-state index is 0.0638. The summed E-state index contributed by atoms with van der Waals surface area (Å²) in [6, 6.07) is 13.6. The zero-order valence-corrected chi connectivity index (χ0v) is 24.4. The van der Waals surface area contributed by atoms with Crippen molar-refractivity contribution in [1.29, 1.82) is 5.26 Å². The molecule has 3 heterocycles. The van der Waals surface area contributed by atoms with Gasteiger partial charge in [0.1, 0.15) is 11.6 Å². The van der Waals surface area contributed by atoms with Crippen molar-refractivity contribution < 1.29 is 52.7 Å². The van der Waals surface area contributed by atoms with Crippen LogP contribution in [-0.2, 0) is 24.7 Å². The van der Waals surface area contributed by atoms with Gasteiger partial charge in [-0.3, -0.25) is 9.13 Å². The van der Waals surface area contributed by atoms with Crippen molar-refractivity contribution in [2.75, 3.05) is 0 Å². The van der Waals surface area contributed by atoms with E-state index in [1.54, 1.807) is 6.07 Å². The Morgan fingerprint density at radius 1 is 0.420 bits per heavy atom. The lowest BCUT2D eigenvalue weighted by atomic mass is 10.1. The number of pyridine rings is 1. The molecule has 0 bridgehead atoms. The topological polar surface area (TPSA) is 46.5 Å². The van der Waals surface area contributed by atoms with Crippen molar-refractivity contribution in [2.45, 2.75) is 24.7 Å². The van der Waals surface area contributed by atoms with Crippen LogP contribution in [0.2, 0.25) is 0 Å². The van der Waals surface area contributed by atoms with E-state index >= 15 is 0 Å². The fourth-order valence-electron chi connectivity index (χ4n) is 6.03. The first kappa shape index (κ1) is 32.8. The lowest BCUT2D eigenvalue weighted by molar-refractivity contribution is -0.138. The van der Waals surface area contributed by atoms with Gasteiger partial charge in [0.15, 0.2) is 0 Å². The third kappa shape index (κ3) is 5.33. The first-order chi connectivity index (χ1) is 23.3. The maximum Gasteiger partial charge on any atom is 0.416 e. The number of fused-ring (bicyclic) bond motifs is 6. The largest absolute Gasteiger partial charge is 0.416 e. The Bertz CT molecular complexity index is 2250. The maximum absolute atomic E-state index is 13.8. The molecule has 0 unspecified atom stereocenters. The Kier molecular flexibility index (Phi) is 6.98. The average molecular weight is 706 g/mol. The molecule has 50 heavy (non-hydrogen) atoms. The molecule has 0 radical (unpaired) electrons. The number of aromatic nitrogens is 3. The molecule has 0 aliphatic rings. The first-order valence-electron chi connectivity index (χ1n) is 14.1. The minimum Gasteiger partial charge on any atom is -0.294 e. The quantitative estimate of drug-likeness (QED) is 0.168. The number of benzene rings is 4. The normalized spacial score (nSPS) is 13.2. The molecule has 0 amide bonds. The fourth-order valence-corrected chi connectivity index (χ4v) is 6.03. The van der Waals surface area contributed by atoms with Crippen LogP contribution in [0.1, 0.15) is 27.8 Å². The summed E-state index contributed by atoms with van der Waals surface area (Å²) in [6.45, 7) is 0. The molecule has 0 saturated carbocycles. The number of nitriles is 1. The van der Waals surface area contributed by atoms with E-state index in [0.717, 1.165) is 69.8 Å². The molecular weight excluding hydrogens is 692 g/mol. The van der Waals surface area contributed by atoms with Crippen LogP contribution in [0, 0.1) is 11.3 Å². The molecule has 7 rings (SSSR count). The molecule has 0 spiro atoms. The molecule has 3 aromatic heterocycles. The van der Waals surface area contributed by atoms with Crippen molar-refractivity contribution in [3.05, 3.63) is 113 Å². The highest BCUT2D eigenvalue weighted by Crippen LogP contribution is 2.42. The summed E-state index contributed by atoms with van der Waals surface area (Å²) in [5.74, 6) is -0.877. The van der Waals surface area contributed by atoms with Crippen molar-refractivity contribution in [1.82, 2.24) is 14.1 Å². The van der Waals surface area contributed by atoms with E-state index in [-0.39, 0.29) is 49.2 Å². The molecular formula is C34H14F12N4.